The Labute approximate surface area is 201 Å². The van der Waals surface area contributed by atoms with Crippen molar-refractivity contribution < 1.29 is 33.9 Å². The summed E-state index contributed by atoms with van der Waals surface area (Å²) in [5.74, 6) is -2.83. The number of nitro benzene ring substituents is 1. The average molecular weight is 539 g/mol. The van der Waals surface area contributed by atoms with Gasteiger partial charge in [-0.15, -0.1) is 0 Å². The summed E-state index contributed by atoms with van der Waals surface area (Å²) >= 11 is 4.30. The first-order chi connectivity index (χ1) is 15.5. The maximum Gasteiger partial charge on any atom is 0.336 e. The minimum absolute atomic E-state index is 0.00693. The minimum Gasteiger partial charge on any atom is -0.506 e. The summed E-state index contributed by atoms with van der Waals surface area (Å²) in [7, 11) is 2.31. The second-order valence-electron chi connectivity index (χ2n) is 7.17. The summed E-state index contributed by atoms with van der Waals surface area (Å²) in [5, 5.41) is 22.4. The molecule has 3 rings (SSSR count). The number of benzene rings is 1. The molecule has 2 heterocycles. The summed E-state index contributed by atoms with van der Waals surface area (Å²) in [6, 6.07) is -0.202. The number of hydrogen-bond donors (Lipinski definition) is 1. The summed E-state index contributed by atoms with van der Waals surface area (Å²) in [5.41, 5.74) is -0.108. The van der Waals surface area contributed by atoms with Gasteiger partial charge in [-0.05, 0) is 42.8 Å². The number of hydrogen-bond acceptors (Lipinski definition) is 10. The molecule has 1 aromatic carbocycles. The highest BCUT2D eigenvalue weighted by atomic mass is 79.9. The summed E-state index contributed by atoms with van der Waals surface area (Å²) < 4.78 is 9.72. The molecular weight excluding hydrogens is 520 g/mol. The number of allylic oxidation sites excluding steroid dienone is 4. The molecule has 0 spiro atoms. The van der Waals surface area contributed by atoms with Crippen LogP contribution >= 0.6 is 27.7 Å². The number of aromatic hydroxyl groups is 1. The Morgan fingerprint density at radius 1 is 1.21 bits per heavy atom. The van der Waals surface area contributed by atoms with Crippen molar-refractivity contribution in [1.82, 2.24) is 4.90 Å². The Hall–Kier alpha value is -3.12. The second kappa shape index (κ2) is 9.02. The lowest BCUT2D eigenvalue weighted by molar-refractivity contribution is -0.385. The zero-order valence-electron chi connectivity index (χ0n) is 18.2. The maximum atomic E-state index is 13.6. The number of Topliss-reactive ketones (excluding diaryl/α,β-unsaturated/α-hetero) is 1. The maximum absolute atomic E-state index is 13.6. The number of rotatable bonds is 5. The third-order valence-electron chi connectivity index (χ3n) is 5.41. The number of halogens is 1. The third kappa shape index (κ3) is 3.93. The largest absolute Gasteiger partial charge is 0.506 e. The van der Waals surface area contributed by atoms with Gasteiger partial charge in [0, 0.05) is 22.2 Å². The zero-order chi connectivity index (χ0) is 24.8. The molecule has 1 aromatic rings. The number of methoxy groups -OCH3 is 2. The SMILES string of the molecule is COC(=O)C1=CC(C(=O)c2cc([N+](=O)[O-])c(C)c(Br)c2O)=C2SC(C)=C(C)N2C1C(=O)OC. The van der Waals surface area contributed by atoms with Crippen LogP contribution < -0.4 is 0 Å². The molecule has 0 amide bonds. The number of phenolic OH excluding ortho intramolecular Hbond substituents is 1. The minimum atomic E-state index is -1.19. The Morgan fingerprint density at radius 2 is 1.85 bits per heavy atom. The summed E-state index contributed by atoms with van der Waals surface area (Å²) in [6.45, 7) is 4.93. The molecule has 0 bridgehead atoms. The molecule has 1 atom stereocenters. The van der Waals surface area contributed by atoms with E-state index in [1.807, 2.05) is 0 Å². The van der Waals surface area contributed by atoms with Crippen molar-refractivity contribution in [3.05, 3.63) is 64.6 Å². The molecule has 33 heavy (non-hydrogen) atoms. The lowest BCUT2D eigenvalue weighted by Gasteiger charge is -2.34. The van der Waals surface area contributed by atoms with Crippen LogP contribution in [0.2, 0.25) is 0 Å². The van der Waals surface area contributed by atoms with Gasteiger partial charge < -0.3 is 19.5 Å². The van der Waals surface area contributed by atoms with Crippen molar-refractivity contribution in [2.75, 3.05) is 14.2 Å². The number of thioether (sulfide) groups is 1. The van der Waals surface area contributed by atoms with Crippen molar-refractivity contribution in [2.24, 2.45) is 0 Å². The topological polar surface area (TPSA) is 136 Å². The number of ketones is 1. The van der Waals surface area contributed by atoms with Gasteiger partial charge in [-0.3, -0.25) is 14.9 Å². The first-order valence-corrected chi connectivity index (χ1v) is 11.0. The number of esters is 2. The van der Waals surface area contributed by atoms with Crippen LogP contribution in [0.15, 0.2) is 43.4 Å². The van der Waals surface area contributed by atoms with E-state index in [1.165, 1.54) is 36.8 Å². The fourth-order valence-corrected chi connectivity index (χ4v) is 5.10. The summed E-state index contributed by atoms with van der Waals surface area (Å²) in [6.07, 6.45) is 1.21. The van der Waals surface area contributed by atoms with E-state index in [9.17, 15) is 29.6 Å². The number of nitrogens with zero attached hydrogens (tertiary/aromatic N) is 2. The van der Waals surface area contributed by atoms with Gasteiger partial charge in [0.15, 0.2) is 11.8 Å². The van der Waals surface area contributed by atoms with Gasteiger partial charge in [0.05, 0.1) is 45.4 Å². The molecule has 0 fully saturated rings. The highest BCUT2D eigenvalue weighted by Crippen LogP contribution is 2.49. The van der Waals surface area contributed by atoms with Crippen LogP contribution in [0.4, 0.5) is 5.69 Å². The van der Waals surface area contributed by atoms with Crippen LogP contribution in [0.3, 0.4) is 0 Å². The summed E-state index contributed by atoms with van der Waals surface area (Å²) in [4.78, 5) is 51.8. The predicted molar refractivity (Wildman–Crippen MR) is 122 cm³/mol. The van der Waals surface area contributed by atoms with Gasteiger partial charge in [-0.2, -0.15) is 0 Å². The standard InChI is InChI=1S/C21H19BrN2O8S/c1-8-14(24(29)30)7-12(18(26)15(8)22)17(25)13-6-11(20(27)31-4)16(21(28)32-5)23-9(2)10(3)33-19(13)23/h6-7,16,26H,1-5H3. The van der Waals surface area contributed by atoms with Gasteiger partial charge in [0.1, 0.15) is 5.75 Å². The van der Waals surface area contributed by atoms with Gasteiger partial charge in [-0.25, -0.2) is 9.59 Å². The van der Waals surface area contributed by atoms with Crippen LogP contribution in [-0.2, 0) is 19.1 Å². The molecule has 0 aliphatic carbocycles. The molecule has 0 radical (unpaired) electrons. The number of carbonyl (C=O) groups excluding carboxylic acids is 3. The molecular formula is C21H19BrN2O8S. The molecule has 1 unspecified atom stereocenters. The van der Waals surface area contributed by atoms with Crippen LogP contribution in [0.5, 0.6) is 5.75 Å². The van der Waals surface area contributed by atoms with E-state index in [0.717, 1.165) is 18.1 Å². The highest BCUT2D eigenvalue weighted by molar-refractivity contribution is 9.10. The first kappa shape index (κ1) is 24.5. The van der Waals surface area contributed by atoms with Crippen molar-refractivity contribution >= 4 is 51.1 Å². The lowest BCUT2D eigenvalue weighted by Crippen LogP contribution is -2.44. The van der Waals surface area contributed by atoms with Gasteiger partial charge in [0.25, 0.3) is 5.69 Å². The first-order valence-electron chi connectivity index (χ1n) is 9.43. The number of nitro groups is 1. The molecule has 0 saturated heterocycles. The van der Waals surface area contributed by atoms with Gasteiger partial charge in [0.2, 0.25) is 0 Å². The van der Waals surface area contributed by atoms with E-state index in [-0.39, 0.29) is 32.4 Å². The third-order valence-corrected chi connectivity index (χ3v) is 7.59. The Morgan fingerprint density at radius 3 is 2.39 bits per heavy atom. The van der Waals surface area contributed by atoms with Crippen molar-refractivity contribution in [1.29, 1.82) is 0 Å². The van der Waals surface area contributed by atoms with Crippen molar-refractivity contribution in [2.45, 2.75) is 26.8 Å². The molecule has 1 N–H and O–H groups in total. The van der Waals surface area contributed by atoms with Crippen LogP contribution in [0, 0.1) is 17.0 Å². The van der Waals surface area contributed by atoms with E-state index in [2.05, 4.69) is 15.9 Å². The van der Waals surface area contributed by atoms with E-state index in [1.54, 1.807) is 13.8 Å². The van der Waals surface area contributed by atoms with E-state index in [0.29, 0.717) is 10.7 Å². The van der Waals surface area contributed by atoms with Crippen LogP contribution in [0.25, 0.3) is 0 Å². The number of carbonyl (C=O) groups is 3. The average Bonchev–Trinajstić information content (AvgIpc) is 3.09. The molecule has 0 aromatic heterocycles. The molecule has 0 saturated carbocycles. The molecule has 10 nitrogen and oxygen atoms in total. The quantitative estimate of drug-likeness (QED) is 0.255. The predicted octanol–water partition coefficient (Wildman–Crippen LogP) is 3.72. The van der Waals surface area contributed by atoms with Crippen molar-refractivity contribution in [3.63, 3.8) is 0 Å². The Balaban J connectivity index is 2.29. The van der Waals surface area contributed by atoms with E-state index in [4.69, 9.17) is 9.47 Å². The zero-order valence-corrected chi connectivity index (χ0v) is 20.6. The van der Waals surface area contributed by atoms with Crippen LogP contribution in [0.1, 0.15) is 29.8 Å². The second-order valence-corrected chi connectivity index (χ2v) is 9.16. The Bertz CT molecular complexity index is 1220. The molecule has 2 aliphatic rings. The highest BCUT2D eigenvalue weighted by Gasteiger charge is 2.45. The fourth-order valence-electron chi connectivity index (χ4n) is 3.55. The smallest absolute Gasteiger partial charge is 0.336 e. The van der Waals surface area contributed by atoms with E-state index >= 15 is 0 Å². The number of phenols is 1. The lowest BCUT2D eigenvalue weighted by atomic mass is 9.92. The van der Waals surface area contributed by atoms with Gasteiger partial charge in [-0.1, -0.05) is 11.8 Å². The van der Waals surface area contributed by atoms with Crippen LogP contribution in [-0.4, -0.2) is 52.9 Å². The normalized spacial score (nSPS) is 17.6. The fraction of sp³-hybridized carbons (Fsp3) is 0.286. The number of fused-ring (bicyclic) bond motifs is 1. The van der Waals surface area contributed by atoms with Gasteiger partial charge >= 0.3 is 11.9 Å². The van der Waals surface area contributed by atoms with E-state index < -0.39 is 34.4 Å². The number of ether oxygens (including phenoxy) is 2. The Kier molecular flexibility index (Phi) is 6.70. The molecule has 12 heteroatoms. The molecule has 174 valence electrons. The van der Waals surface area contributed by atoms with Crippen molar-refractivity contribution in [3.8, 4) is 5.75 Å². The molecule has 2 aliphatic heterocycles. The monoisotopic (exact) mass is 538 g/mol.